The van der Waals surface area contributed by atoms with Crippen molar-refractivity contribution in [1.29, 1.82) is 5.26 Å². The van der Waals surface area contributed by atoms with Crippen molar-refractivity contribution >= 4 is 11.8 Å². The fourth-order valence-corrected chi connectivity index (χ4v) is 2.41. The van der Waals surface area contributed by atoms with Crippen molar-refractivity contribution in [2.24, 2.45) is 0 Å². The summed E-state index contributed by atoms with van der Waals surface area (Å²) in [5, 5.41) is 8.88. The highest BCUT2D eigenvalue weighted by atomic mass is 16.2. The first-order valence-electron chi connectivity index (χ1n) is 7.11. The van der Waals surface area contributed by atoms with Crippen LogP contribution in [0.3, 0.4) is 0 Å². The Balaban J connectivity index is 1.93. The number of likely N-dealkylation sites (N-methyl/N-ethyl adjacent to an activating group) is 1. The number of likely N-dealkylation sites (tertiary alicyclic amines) is 1. The van der Waals surface area contributed by atoms with E-state index in [0.29, 0.717) is 25.1 Å². The molecule has 5 nitrogen and oxygen atoms in total. The van der Waals surface area contributed by atoms with Crippen LogP contribution in [0.2, 0.25) is 0 Å². The van der Waals surface area contributed by atoms with Crippen molar-refractivity contribution in [3.05, 3.63) is 35.4 Å². The molecule has 1 aliphatic rings. The predicted molar refractivity (Wildman–Crippen MR) is 78.1 cm³/mol. The maximum Gasteiger partial charge on any atom is 0.242 e. The Morgan fingerprint density at radius 3 is 2.95 bits per heavy atom. The minimum atomic E-state index is -0.0763. The number of rotatable bonds is 4. The van der Waals surface area contributed by atoms with Crippen LogP contribution < -0.4 is 0 Å². The van der Waals surface area contributed by atoms with Crippen LogP contribution in [0.4, 0.5) is 0 Å². The molecule has 1 heterocycles. The number of amides is 2. The highest BCUT2D eigenvalue weighted by Crippen LogP contribution is 2.11. The van der Waals surface area contributed by atoms with E-state index < -0.39 is 0 Å². The Hall–Kier alpha value is -2.35. The summed E-state index contributed by atoms with van der Waals surface area (Å²) in [5.74, 6) is -0.0120. The van der Waals surface area contributed by atoms with Gasteiger partial charge in [0, 0.05) is 26.6 Å². The van der Waals surface area contributed by atoms with Crippen LogP contribution in [-0.4, -0.2) is 41.8 Å². The summed E-state index contributed by atoms with van der Waals surface area (Å²) in [4.78, 5) is 27.1. The van der Waals surface area contributed by atoms with Crippen LogP contribution in [0, 0.1) is 11.3 Å². The van der Waals surface area contributed by atoms with Crippen molar-refractivity contribution < 1.29 is 9.59 Å². The van der Waals surface area contributed by atoms with E-state index in [1.54, 1.807) is 35.0 Å². The van der Waals surface area contributed by atoms with E-state index in [9.17, 15) is 9.59 Å². The van der Waals surface area contributed by atoms with Gasteiger partial charge in [-0.3, -0.25) is 9.59 Å². The molecule has 0 saturated carbocycles. The zero-order valence-corrected chi connectivity index (χ0v) is 12.2. The van der Waals surface area contributed by atoms with Crippen LogP contribution in [0.5, 0.6) is 0 Å². The molecular weight excluding hydrogens is 266 g/mol. The Labute approximate surface area is 124 Å². The summed E-state index contributed by atoms with van der Waals surface area (Å²) >= 11 is 0. The molecule has 5 heteroatoms. The molecule has 0 N–H and O–H groups in total. The summed E-state index contributed by atoms with van der Waals surface area (Å²) < 4.78 is 0. The molecule has 1 saturated heterocycles. The van der Waals surface area contributed by atoms with Crippen molar-refractivity contribution in [2.45, 2.75) is 25.8 Å². The SMILES string of the molecule is CN(Cc1cccc(C#N)c1)C(=O)CN1CCCCC1=O. The van der Waals surface area contributed by atoms with Gasteiger partial charge >= 0.3 is 0 Å². The zero-order chi connectivity index (χ0) is 15.2. The Bertz CT molecular complexity index is 577. The van der Waals surface area contributed by atoms with E-state index in [0.717, 1.165) is 18.4 Å². The van der Waals surface area contributed by atoms with Crippen LogP contribution in [-0.2, 0) is 16.1 Å². The highest BCUT2D eigenvalue weighted by Gasteiger charge is 2.22. The lowest BCUT2D eigenvalue weighted by molar-refractivity contribution is -0.141. The fourth-order valence-electron chi connectivity index (χ4n) is 2.41. The molecule has 1 fully saturated rings. The van der Waals surface area contributed by atoms with Gasteiger partial charge in [-0.2, -0.15) is 5.26 Å². The van der Waals surface area contributed by atoms with Crippen molar-refractivity contribution in [1.82, 2.24) is 9.80 Å². The van der Waals surface area contributed by atoms with E-state index in [4.69, 9.17) is 5.26 Å². The van der Waals surface area contributed by atoms with Crippen molar-refractivity contribution in [3.8, 4) is 6.07 Å². The van der Waals surface area contributed by atoms with Crippen molar-refractivity contribution in [3.63, 3.8) is 0 Å². The molecule has 0 radical (unpaired) electrons. The molecule has 21 heavy (non-hydrogen) atoms. The summed E-state index contributed by atoms with van der Waals surface area (Å²) in [5.41, 5.74) is 1.49. The summed E-state index contributed by atoms with van der Waals surface area (Å²) in [7, 11) is 1.72. The first-order valence-corrected chi connectivity index (χ1v) is 7.11. The zero-order valence-electron chi connectivity index (χ0n) is 12.2. The largest absolute Gasteiger partial charge is 0.340 e. The minimum absolute atomic E-state index is 0.0643. The van der Waals surface area contributed by atoms with Gasteiger partial charge < -0.3 is 9.80 Å². The number of nitriles is 1. The van der Waals surface area contributed by atoms with Gasteiger partial charge in [0.1, 0.15) is 0 Å². The number of hydrogen-bond acceptors (Lipinski definition) is 3. The molecule has 1 aliphatic heterocycles. The number of carbonyl (C=O) groups excluding carboxylic acids is 2. The number of benzene rings is 1. The second-order valence-corrected chi connectivity index (χ2v) is 5.33. The molecule has 0 aromatic heterocycles. The number of piperidine rings is 1. The quantitative estimate of drug-likeness (QED) is 0.842. The maximum atomic E-state index is 12.2. The van der Waals surface area contributed by atoms with E-state index in [2.05, 4.69) is 6.07 Å². The van der Waals surface area contributed by atoms with Gasteiger partial charge in [0.05, 0.1) is 18.2 Å². The molecule has 2 amide bonds. The van der Waals surface area contributed by atoms with Gasteiger partial charge in [0.25, 0.3) is 0 Å². The molecule has 0 aliphatic carbocycles. The molecule has 0 bridgehead atoms. The third kappa shape index (κ3) is 4.06. The fraction of sp³-hybridized carbons (Fsp3) is 0.438. The molecule has 2 rings (SSSR count). The second-order valence-electron chi connectivity index (χ2n) is 5.33. The summed E-state index contributed by atoms with van der Waals surface area (Å²) in [6.07, 6.45) is 2.43. The number of nitrogens with zero attached hydrogens (tertiary/aromatic N) is 3. The smallest absolute Gasteiger partial charge is 0.242 e. The standard InChI is InChI=1S/C16H19N3O2/c1-18(11-14-6-4-5-13(9-14)10-17)16(21)12-19-8-3-2-7-15(19)20/h4-6,9H,2-3,7-8,11-12H2,1H3. The monoisotopic (exact) mass is 285 g/mol. The first kappa shape index (κ1) is 15.0. The van der Waals surface area contributed by atoms with Gasteiger partial charge in [-0.05, 0) is 30.5 Å². The third-order valence-electron chi connectivity index (χ3n) is 3.65. The Morgan fingerprint density at radius 1 is 1.43 bits per heavy atom. The van der Waals surface area contributed by atoms with Crippen LogP contribution in [0.15, 0.2) is 24.3 Å². The highest BCUT2D eigenvalue weighted by molar-refractivity contribution is 5.85. The molecule has 1 aromatic carbocycles. The van der Waals surface area contributed by atoms with Gasteiger partial charge in [0.2, 0.25) is 11.8 Å². The van der Waals surface area contributed by atoms with Gasteiger partial charge in [-0.15, -0.1) is 0 Å². The lowest BCUT2D eigenvalue weighted by atomic mass is 10.1. The van der Waals surface area contributed by atoms with E-state index >= 15 is 0 Å². The lowest BCUT2D eigenvalue weighted by Crippen LogP contribution is -2.43. The maximum absolute atomic E-state index is 12.2. The predicted octanol–water partition coefficient (Wildman–Crippen LogP) is 1.53. The summed E-state index contributed by atoms with van der Waals surface area (Å²) in [6, 6.07) is 9.28. The van der Waals surface area contributed by atoms with E-state index in [-0.39, 0.29) is 18.4 Å². The molecule has 0 unspecified atom stereocenters. The molecule has 0 spiro atoms. The molecular formula is C16H19N3O2. The van der Waals surface area contributed by atoms with Crippen molar-refractivity contribution in [2.75, 3.05) is 20.1 Å². The lowest BCUT2D eigenvalue weighted by Gasteiger charge is -2.28. The normalized spacial score (nSPS) is 14.7. The molecule has 0 atom stereocenters. The van der Waals surface area contributed by atoms with E-state index in [1.165, 1.54) is 0 Å². The van der Waals surface area contributed by atoms with Gasteiger partial charge in [-0.1, -0.05) is 12.1 Å². The van der Waals surface area contributed by atoms with Gasteiger partial charge in [-0.25, -0.2) is 0 Å². The number of carbonyl (C=O) groups is 2. The second kappa shape index (κ2) is 6.89. The Kier molecular flexibility index (Phi) is 4.94. The molecule has 110 valence electrons. The summed E-state index contributed by atoms with van der Waals surface area (Å²) in [6.45, 7) is 1.26. The Morgan fingerprint density at radius 2 is 2.24 bits per heavy atom. The molecule has 1 aromatic rings. The first-order chi connectivity index (χ1) is 10.1. The topological polar surface area (TPSA) is 64.4 Å². The van der Waals surface area contributed by atoms with Crippen LogP contribution >= 0.6 is 0 Å². The third-order valence-corrected chi connectivity index (χ3v) is 3.65. The van der Waals surface area contributed by atoms with Crippen LogP contribution in [0.25, 0.3) is 0 Å². The van der Waals surface area contributed by atoms with E-state index in [1.807, 2.05) is 6.07 Å². The average Bonchev–Trinajstić information content (AvgIpc) is 2.49. The number of hydrogen-bond donors (Lipinski definition) is 0. The average molecular weight is 285 g/mol. The van der Waals surface area contributed by atoms with Gasteiger partial charge in [0.15, 0.2) is 0 Å². The minimum Gasteiger partial charge on any atom is -0.340 e. The van der Waals surface area contributed by atoms with Crippen LogP contribution in [0.1, 0.15) is 30.4 Å².